The first-order valence-electron chi connectivity index (χ1n) is 4.21. The average Bonchev–Trinajstić information content (AvgIpc) is 1.55. The van der Waals surface area contributed by atoms with Crippen LogP contribution >= 0.6 is 0 Å². The highest BCUT2D eigenvalue weighted by atomic mass is 14.7. The van der Waals surface area contributed by atoms with E-state index in [0.717, 1.165) is 12.3 Å². The first-order valence-corrected chi connectivity index (χ1v) is 4.21. The van der Waals surface area contributed by atoms with Crippen molar-refractivity contribution in [2.24, 2.45) is 17.4 Å². The number of nitrogens with two attached hydrogens (primary N) is 2. The summed E-state index contributed by atoms with van der Waals surface area (Å²) in [6, 6.07) is 0.643. The highest BCUT2D eigenvalue weighted by Gasteiger charge is 2.24. The molecule has 4 N–H and O–H groups in total. The second kappa shape index (κ2) is 3.35. The Kier molecular flexibility index (Phi) is 2.69. The Balaban J connectivity index is 2.13. The van der Waals surface area contributed by atoms with E-state index in [0.29, 0.717) is 6.04 Å². The van der Waals surface area contributed by atoms with E-state index in [4.69, 9.17) is 11.5 Å². The van der Waals surface area contributed by atoms with Gasteiger partial charge in [-0.05, 0) is 32.1 Å². The molecule has 1 saturated carbocycles. The van der Waals surface area contributed by atoms with Crippen LogP contribution in [0.2, 0.25) is 0 Å². The van der Waals surface area contributed by atoms with Crippen molar-refractivity contribution in [3.8, 4) is 0 Å². The van der Waals surface area contributed by atoms with Crippen molar-refractivity contribution < 1.29 is 0 Å². The standard InChI is InChI=1S/C8H18N2/c1-6(9)5-8(10)7-3-2-4-7/h6-8H,2-5,9-10H2,1H3. The average molecular weight is 142 g/mol. The lowest BCUT2D eigenvalue weighted by atomic mass is 9.78. The lowest BCUT2D eigenvalue weighted by molar-refractivity contribution is 0.246. The van der Waals surface area contributed by atoms with Gasteiger partial charge in [0.15, 0.2) is 0 Å². The summed E-state index contributed by atoms with van der Waals surface area (Å²) in [4.78, 5) is 0. The fraction of sp³-hybridized carbons (Fsp3) is 1.00. The van der Waals surface area contributed by atoms with Crippen LogP contribution < -0.4 is 11.5 Å². The van der Waals surface area contributed by atoms with Crippen LogP contribution in [0.15, 0.2) is 0 Å². The smallest absolute Gasteiger partial charge is 0.00817 e. The van der Waals surface area contributed by atoms with E-state index in [2.05, 4.69) is 0 Å². The molecule has 0 aromatic carbocycles. The van der Waals surface area contributed by atoms with Crippen molar-refractivity contribution in [3.05, 3.63) is 0 Å². The van der Waals surface area contributed by atoms with Crippen molar-refractivity contribution in [1.29, 1.82) is 0 Å². The van der Waals surface area contributed by atoms with Crippen LogP contribution in [-0.4, -0.2) is 12.1 Å². The van der Waals surface area contributed by atoms with Crippen LogP contribution in [0.3, 0.4) is 0 Å². The minimum atomic E-state index is 0.274. The summed E-state index contributed by atoms with van der Waals surface area (Å²) < 4.78 is 0. The second-order valence-electron chi connectivity index (χ2n) is 3.57. The molecule has 0 bridgehead atoms. The molecular formula is C8H18N2. The quantitative estimate of drug-likeness (QED) is 0.614. The molecule has 2 nitrogen and oxygen atoms in total. The highest BCUT2D eigenvalue weighted by Crippen LogP contribution is 2.29. The van der Waals surface area contributed by atoms with Crippen molar-refractivity contribution in [2.75, 3.05) is 0 Å². The molecule has 2 heteroatoms. The van der Waals surface area contributed by atoms with Gasteiger partial charge in [0.2, 0.25) is 0 Å². The van der Waals surface area contributed by atoms with Gasteiger partial charge in [0, 0.05) is 12.1 Å². The summed E-state index contributed by atoms with van der Waals surface area (Å²) in [7, 11) is 0. The van der Waals surface area contributed by atoms with Crippen LogP contribution in [0.1, 0.15) is 32.6 Å². The summed E-state index contributed by atoms with van der Waals surface area (Å²) in [6.07, 6.45) is 5.02. The van der Waals surface area contributed by atoms with Crippen LogP contribution in [-0.2, 0) is 0 Å². The maximum atomic E-state index is 5.90. The topological polar surface area (TPSA) is 52.0 Å². The maximum Gasteiger partial charge on any atom is 0.00817 e. The Morgan fingerprint density at radius 1 is 1.40 bits per heavy atom. The molecule has 1 fully saturated rings. The molecule has 2 atom stereocenters. The van der Waals surface area contributed by atoms with Crippen LogP contribution in [0.4, 0.5) is 0 Å². The van der Waals surface area contributed by atoms with E-state index in [-0.39, 0.29) is 6.04 Å². The van der Waals surface area contributed by atoms with Crippen molar-refractivity contribution in [1.82, 2.24) is 0 Å². The highest BCUT2D eigenvalue weighted by molar-refractivity contribution is 4.81. The Bertz CT molecular complexity index is 97.4. The summed E-state index contributed by atoms with van der Waals surface area (Å²) in [6.45, 7) is 2.03. The van der Waals surface area contributed by atoms with Gasteiger partial charge in [-0.3, -0.25) is 0 Å². The summed E-state index contributed by atoms with van der Waals surface area (Å²) in [5.74, 6) is 0.783. The van der Waals surface area contributed by atoms with Gasteiger partial charge in [0.25, 0.3) is 0 Å². The molecule has 0 heterocycles. The minimum absolute atomic E-state index is 0.274. The summed E-state index contributed by atoms with van der Waals surface area (Å²) >= 11 is 0. The van der Waals surface area contributed by atoms with E-state index in [1.165, 1.54) is 19.3 Å². The predicted octanol–water partition coefficient (Wildman–Crippen LogP) is 0.851. The molecule has 1 rings (SSSR count). The van der Waals surface area contributed by atoms with Crippen molar-refractivity contribution >= 4 is 0 Å². The third kappa shape index (κ3) is 1.96. The molecule has 0 aromatic heterocycles. The number of hydrogen-bond acceptors (Lipinski definition) is 2. The maximum absolute atomic E-state index is 5.90. The van der Waals surface area contributed by atoms with Crippen LogP contribution in [0, 0.1) is 5.92 Å². The third-order valence-electron chi connectivity index (χ3n) is 2.40. The largest absolute Gasteiger partial charge is 0.328 e. The van der Waals surface area contributed by atoms with Crippen molar-refractivity contribution in [3.63, 3.8) is 0 Å². The lowest BCUT2D eigenvalue weighted by Crippen LogP contribution is -2.38. The normalized spacial score (nSPS) is 25.5. The fourth-order valence-electron chi connectivity index (χ4n) is 1.49. The number of rotatable bonds is 3. The second-order valence-corrected chi connectivity index (χ2v) is 3.57. The van der Waals surface area contributed by atoms with Gasteiger partial charge < -0.3 is 11.5 Å². The van der Waals surface area contributed by atoms with Crippen LogP contribution in [0.5, 0.6) is 0 Å². The van der Waals surface area contributed by atoms with Gasteiger partial charge in [-0.1, -0.05) is 6.42 Å². The molecule has 0 aromatic rings. The van der Waals surface area contributed by atoms with Crippen LogP contribution in [0.25, 0.3) is 0 Å². The Hall–Kier alpha value is -0.0800. The third-order valence-corrected chi connectivity index (χ3v) is 2.40. The molecule has 1 aliphatic carbocycles. The van der Waals surface area contributed by atoms with E-state index in [9.17, 15) is 0 Å². The molecule has 2 unspecified atom stereocenters. The molecule has 0 aliphatic heterocycles. The minimum Gasteiger partial charge on any atom is -0.328 e. The molecule has 0 saturated heterocycles. The van der Waals surface area contributed by atoms with E-state index < -0.39 is 0 Å². The van der Waals surface area contributed by atoms with E-state index in [1.807, 2.05) is 6.92 Å². The van der Waals surface area contributed by atoms with Gasteiger partial charge in [-0.15, -0.1) is 0 Å². The van der Waals surface area contributed by atoms with Gasteiger partial charge >= 0.3 is 0 Å². The molecule has 10 heavy (non-hydrogen) atoms. The van der Waals surface area contributed by atoms with Gasteiger partial charge in [-0.2, -0.15) is 0 Å². The van der Waals surface area contributed by atoms with Gasteiger partial charge in [0.05, 0.1) is 0 Å². The van der Waals surface area contributed by atoms with E-state index in [1.54, 1.807) is 0 Å². The SMILES string of the molecule is CC(N)CC(N)C1CCC1. The molecule has 1 aliphatic rings. The molecule has 0 spiro atoms. The Labute approximate surface area is 63.0 Å². The molecular weight excluding hydrogens is 124 g/mol. The first kappa shape index (κ1) is 8.02. The Morgan fingerprint density at radius 2 is 2.00 bits per heavy atom. The zero-order valence-corrected chi connectivity index (χ0v) is 6.72. The zero-order chi connectivity index (χ0) is 7.56. The van der Waals surface area contributed by atoms with E-state index >= 15 is 0 Å². The molecule has 0 radical (unpaired) electrons. The molecule has 60 valence electrons. The summed E-state index contributed by atoms with van der Waals surface area (Å²) in [5, 5.41) is 0. The monoisotopic (exact) mass is 142 g/mol. The first-order chi connectivity index (χ1) is 4.70. The zero-order valence-electron chi connectivity index (χ0n) is 6.72. The lowest BCUT2D eigenvalue weighted by Gasteiger charge is -2.32. The van der Waals surface area contributed by atoms with Crippen molar-refractivity contribution in [2.45, 2.75) is 44.7 Å². The van der Waals surface area contributed by atoms with Gasteiger partial charge in [-0.25, -0.2) is 0 Å². The number of hydrogen-bond donors (Lipinski definition) is 2. The fourth-order valence-corrected chi connectivity index (χ4v) is 1.49. The van der Waals surface area contributed by atoms with Gasteiger partial charge in [0.1, 0.15) is 0 Å². The predicted molar refractivity (Wildman–Crippen MR) is 43.6 cm³/mol. The Morgan fingerprint density at radius 3 is 2.30 bits per heavy atom. The summed E-state index contributed by atoms with van der Waals surface area (Å²) in [5.41, 5.74) is 11.5. The molecule has 0 amide bonds.